The Labute approximate surface area is 173 Å². The molecular weight excluding hydrogens is 385 g/mol. The predicted molar refractivity (Wildman–Crippen MR) is 108 cm³/mol. The molecule has 2 unspecified atom stereocenters. The molecule has 8 heteroatoms. The maximum atomic E-state index is 13.8. The molecule has 2 atom stereocenters. The molecule has 1 aromatic carbocycles. The highest BCUT2D eigenvalue weighted by Crippen LogP contribution is 2.43. The van der Waals surface area contributed by atoms with Crippen molar-refractivity contribution in [1.29, 1.82) is 0 Å². The van der Waals surface area contributed by atoms with E-state index in [0.717, 1.165) is 31.2 Å². The van der Waals surface area contributed by atoms with Gasteiger partial charge < -0.3 is 14.7 Å². The fourth-order valence-corrected chi connectivity index (χ4v) is 4.65. The van der Waals surface area contributed by atoms with Crippen LogP contribution in [0.1, 0.15) is 43.1 Å². The first kappa shape index (κ1) is 18.7. The van der Waals surface area contributed by atoms with Gasteiger partial charge in [-0.3, -0.25) is 4.98 Å². The maximum absolute atomic E-state index is 13.8. The number of aromatic nitrogens is 3. The van der Waals surface area contributed by atoms with E-state index in [0.29, 0.717) is 23.0 Å². The van der Waals surface area contributed by atoms with Gasteiger partial charge in [-0.15, -0.1) is 0 Å². The van der Waals surface area contributed by atoms with Crippen LogP contribution in [0.5, 0.6) is 0 Å². The van der Waals surface area contributed by atoms with Crippen LogP contribution in [-0.4, -0.2) is 38.1 Å². The summed E-state index contributed by atoms with van der Waals surface area (Å²) in [6.45, 7) is 1.67. The van der Waals surface area contributed by atoms with Crippen LogP contribution < -0.4 is 5.32 Å². The first-order chi connectivity index (χ1) is 14.6. The van der Waals surface area contributed by atoms with Crippen LogP contribution in [0.4, 0.5) is 14.9 Å². The van der Waals surface area contributed by atoms with Crippen LogP contribution in [0.15, 0.2) is 47.2 Å². The second-order valence-corrected chi connectivity index (χ2v) is 8.00. The number of fused-ring (bicyclic) bond motifs is 2. The monoisotopic (exact) mass is 407 g/mol. The van der Waals surface area contributed by atoms with E-state index >= 15 is 0 Å². The summed E-state index contributed by atoms with van der Waals surface area (Å²) in [6, 6.07) is 8.50. The zero-order valence-corrected chi connectivity index (χ0v) is 16.6. The third-order valence-corrected chi connectivity index (χ3v) is 6.19. The standard InChI is InChI=1S/C22H22FN5O2/c1-13-18(23)5-2-6-19(13)25-22(29)28-16-7-8-17(28)11-15(10-16)21-26-20(27-30-21)14-4-3-9-24-12-14/h2-6,9,12,15-17H,7-8,10-11H2,1H3,(H,25,29). The number of pyridine rings is 1. The first-order valence-corrected chi connectivity index (χ1v) is 10.2. The van der Waals surface area contributed by atoms with Gasteiger partial charge in [-0.25, -0.2) is 9.18 Å². The van der Waals surface area contributed by atoms with E-state index < -0.39 is 0 Å². The van der Waals surface area contributed by atoms with Crippen molar-refractivity contribution in [2.75, 3.05) is 5.32 Å². The van der Waals surface area contributed by atoms with E-state index in [-0.39, 0.29) is 29.8 Å². The highest BCUT2D eigenvalue weighted by atomic mass is 19.1. The number of carbonyl (C=O) groups excluding carboxylic acids is 1. The number of rotatable bonds is 3. The minimum Gasteiger partial charge on any atom is -0.339 e. The second-order valence-electron chi connectivity index (χ2n) is 8.00. The number of urea groups is 1. The number of carbonyl (C=O) groups is 1. The summed E-state index contributed by atoms with van der Waals surface area (Å²) in [5.41, 5.74) is 1.78. The van der Waals surface area contributed by atoms with Gasteiger partial charge in [0.25, 0.3) is 0 Å². The molecule has 2 aliphatic heterocycles. The summed E-state index contributed by atoms with van der Waals surface area (Å²) in [5, 5.41) is 7.00. The van der Waals surface area contributed by atoms with Crippen LogP contribution in [0.25, 0.3) is 11.4 Å². The van der Waals surface area contributed by atoms with Gasteiger partial charge in [0, 0.05) is 47.2 Å². The molecule has 0 spiro atoms. The first-order valence-electron chi connectivity index (χ1n) is 10.2. The van der Waals surface area contributed by atoms with Crippen molar-refractivity contribution in [2.24, 2.45) is 0 Å². The Morgan fingerprint density at radius 2 is 2.00 bits per heavy atom. The molecule has 3 aromatic rings. The third kappa shape index (κ3) is 3.32. The van der Waals surface area contributed by atoms with Crippen LogP contribution in [0, 0.1) is 12.7 Å². The average molecular weight is 407 g/mol. The maximum Gasteiger partial charge on any atom is 0.322 e. The summed E-state index contributed by atoms with van der Waals surface area (Å²) in [4.78, 5) is 23.6. The lowest BCUT2D eigenvalue weighted by Crippen LogP contribution is -2.48. The fraction of sp³-hybridized carbons (Fsp3) is 0.364. The van der Waals surface area contributed by atoms with Crippen molar-refractivity contribution in [2.45, 2.75) is 50.6 Å². The lowest BCUT2D eigenvalue weighted by Gasteiger charge is -2.37. The summed E-state index contributed by atoms with van der Waals surface area (Å²) >= 11 is 0. The largest absolute Gasteiger partial charge is 0.339 e. The quantitative estimate of drug-likeness (QED) is 0.690. The van der Waals surface area contributed by atoms with Crippen LogP contribution in [0.3, 0.4) is 0 Å². The van der Waals surface area contributed by atoms with Gasteiger partial charge in [0.05, 0.1) is 0 Å². The molecule has 4 heterocycles. The molecule has 2 bridgehead atoms. The van der Waals surface area contributed by atoms with Gasteiger partial charge in [0.1, 0.15) is 5.82 Å². The Kier molecular flexibility index (Phi) is 4.69. The molecule has 0 aliphatic carbocycles. The molecule has 7 nitrogen and oxygen atoms in total. The fourth-order valence-electron chi connectivity index (χ4n) is 4.65. The predicted octanol–water partition coefficient (Wildman–Crippen LogP) is 4.52. The van der Waals surface area contributed by atoms with Crippen molar-refractivity contribution >= 4 is 11.7 Å². The minimum atomic E-state index is -0.324. The Morgan fingerprint density at radius 1 is 1.20 bits per heavy atom. The highest BCUT2D eigenvalue weighted by Gasteiger charge is 2.45. The topological polar surface area (TPSA) is 84.2 Å². The molecule has 0 saturated carbocycles. The summed E-state index contributed by atoms with van der Waals surface area (Å²) in [5.74, 6) is 0.953. The van der Waals surface area contributed by atoms with Crippen LogP contribution in [-0.2, 0) is 0 Å². The zero-order chi connectivity index (χ0) is 20.7. The van der Waals surface area contributed by atoms with Gasteiger partial charge in [-0.05, 0) is 56.9 Å². The number of nitrogens with zero attached hydrogens (tertiary/aromatic N) is 4. The number of hydrogen-bond acceptors (Lipinski definition) is 5. The Morgan fingerprint density at radius 3 is 2.73 bits per heavy atom. The van der Waals surface area contributed by atoms with E-state index in [1.54, 1.807) is 31.5 Å². The van der Waals surface area contributed by atoms with Crippen molar-refractivity contribution in [3.63, 3.8) is 0 Å². The number of benzene rings is 1. The van der Waals surface area contributed by atoms with E-state index in [4.69, 9.17) is 4.52 Å². The normalized spacial score (nSPS) is 22.9. The van der Waals surface area contributed by atoms with Crippen LogP contribution >= 0.6 is 0 Å². The van der Waals surface area contributed by atoms with Crippen molar-refractivity contribution in [1.82, 2.24) is 20.0 Å². The van der Waals surface area contributed by atoms with Crippen molar-refractivity contribution < 1.29 is 13.7 Å². The third-order valence-electron chi connectivity index (χ3n) is 6.19. The molecule has 2 amide bonds. The van der Waals surface area contributed by atoms with Gasteiger partial charge in [-0.1, -0.05) is 11.2 Å². The van der Waals surface area contributed by atoms with Crippen molar-refractivity contribution in [3.05, 3.63) is 60.0 Å². The highest BCUT2D eigenvalue weighted by molar-refractivity contribution is 5.91. The number of nitrogens with one attached hydrogen (secondary N) is 1. The van der Waals surface area contributed by atoms with Gasteiger partial charge >= 0.3 is 6.03 Å². The molecular formula is C22H22FN5O2. The lowest BCUT2D eigenvalue weighted by atomic mass is 9.91. The summed E-state index contributed by atoms with van der Waals surface area (Å²) < 4.78 is 19.4. The van der Waals surface area contributed by atoms with Crippen molar-refractivity contribution in [3.8, 4) is 11.4 Å². The van der Waals surface area contributed by atoms with Crippen LogP contribution in [0.2, 0.25) is 0 Å². The molecule has 2 aromatic heterocycles. The molecule has 2 fully saturated rings. The number of hydrogen-bond donors (Lipinski definition) is 1. The summed E-state index contributed by atoms with van der Waals surface area (Å²) in [6.07, 6.45) is 6.86. The summed E-state index contributed by atoms with van der Waals surface area (Å²) in [7, 11) is 0. The number of halogens is 1. The zero-order valence-electron chi connectivity index (χ0n) is 16.6. The molecule has 30 heavy (non-hydrogen) atoms. The number of piperidine rings is 1. The smallest absolute Gasteiger partial charge is 0.322 e. The molecule has 1 N–H and O–H groups in total. The van der Waals surface area contributed by atoms with Gasteiger partial charge in [0.2, 0.25) is 11.7 Å². The molecule has 154 valence electrons. The number of anilines is 1. The van der Waals surface area contributed by atoms with E-state index in [9.17, 15) is 9.18 Å². The SMILES string of the molecule is Cc1c(F)cccc1NC(=O)N1C2CCC1CC(c1nc(-c3cccnc3)no1)C2. The molecule has 2 aliphatic rings. The minimum absolute atomic E-state index is 0.108. The van der Waals surface area contributed by atoms with E-state index in [1.165, 1.54) is 6.07 Å². The second kappa shape index (κ2) is 7.51. The Hall–Kier alpha value is -3.29. The Bertz CT molecular complexity index is 1060. The van der Waals surface area contributed by atoms with E-state index in [2.05, 4.69) is 20.4 Å². The van der Waals surface area contributed by atoms with Gasteiger partial charge in [-0.2, -0.15) is 4.98 Å². The lowest BCUT2D eigenvalue weighted by molar-refractivity contribution is 0.140. The Balaban J connectivity index is 1.30. The average Bonchev–Trinajstić information content (AvgIpc) is 3.35. The molecule has 0 radical (unpaired) electrons. The number of amides is 2. The molecule has 2 saturated heterocycles. The molecule has 5 rings (SSSR count). The van der Waals surface area contributed by atoms with E-state index in [1.807, 2.05) is 17.0 Å². The van der Waals surface area contributed by atoms with Gasteiger partial charge in [0.15, 0.2) is 0 Å².